The third-order valence-corrected chi connectivity index (χ3v) is 3.95. The molecule has 2 atom stereocenters. The van der Waals surface area contributed by atoms with Crippen LogP contribution in [0.5, 0.6) is 0 Å². The molecule has 2 heterocycles. The second kappa shape index (κ2) is 6.41. The highest BCUT2D eigenvalue weighted by atomic mass is 16.5. The predicted octanol–water partition coefficient (Wildman–Crippen LogP) is 2.95. The summed E-state index contributed by atoms with van der Waals surface area (Å²) in [5, 5.41) is 8.00. The Kier molecular flexibility index (Phi) is 4.36. The molecule has 2 aromatic rings. The Hall–Kier alpha value is -1.65. The van der Waals surface area contributed by atoms with E-state index in [1.54, 1.807) is 0 Å². The average molecular weight is 285 g/mol. The third kappa shape index (κ3) is 3.34. The van der Waals surface area contributed by atoms with Gasteiger partial charge in [-0.25, -0.2) is 4.68 Å². The van der Waals surface area contributed by atoms with E-state index < -0.39 is 0 Å². The molecule has 1 aromatic carbocycles. The molecule has 0 radical (unpaired) electrons. The number of para-hydroxylation sites is 1. The van der Waals surface area contributed by atoms with Gasteiger partial charge in [0.1, 0.15) is 0 Å². The number of nitrogens with zero attached hydrogens (tertiary/aromatic N) is 2. The lowest BCUT2D eigenvalue weighted by molar-refractivity contribution is 0.0900. The Bertz CT molecular complexity index is 564. The van der Waals surface area contributed by atoms with Gasteiger partial charge in [0.05, 0.1) is 18.0 Å². The lowest BCUT2D eigenvalue weighted by Crippen LogP contribution is -2.30. The van der Waals surface area contributed by atoms with Gasteiger partial charge in [-0.2, -0.15) is 5.10 Å². The zero-order valence-electron chi connectivity index (χ0n) is 12.7. The highest BCUT2D eigenvalue weighted by molar-refractivity contribution is 5.31. The van der Waals surface area contributed by atoms with Crippen molar-refractivity contribution in [1.29, 1.82) is 0 Å². The van der Waals surface area contributed by atoms with Crippen molar-refractivity contribution < 1.29 is 4.74 Å². The number of rotatable bonds is 5. The van der Waals surface area contributed by atoms with Crippen molar-refractivity contribution in [3.63, 3.8) is 0 Å². The van der Waals surface area contributed by atoms with E-state index in [4.69, 9.17) is 4.74 Å². The van der Waals surface area contributed by atoms with Crippen molar-refractivity contribution in [3.05, 3.63) is 48.3 Å². The summed E-state index contributed by atoms with van der Waals surface area (Å²) in [6.45, 7) is 6.20. The second-order valence-corrected chi connectivity index (χ2v) is 5.96. The van der Waals surface area contributed by atoms with Gasteiger partial charge >= 0.3 is 0 Å². The van der Waals surface area contributed by atoms with Crippen LogP contribution in [0.3, 0.4) is 0 Å². The Morgan fingerprint density at radius 1 is 1.33 bits per heavy atom. The van der Waals surface area contributed by atoms with Crippen LogP contribution in [0.1, 0.15) is 31.9 Å². The number of ether oxygens (including phenoxy) is 1. The second-order valence-electron chi connectivity index (χ2n) is 5.96. The van der Waals surface area contributed by atoms with Crippen molar-refractivity contribution in [1.82, 2.24) is 15.1 Å². The molecule has 0 bridgehead atoms. The van der Waals surface area contributed by atoms with Gasteiger partial charge in [-0.3, -0.25) is 0 Å². The number of hydrogen-bond acceptors (Lipinski definition) is 3. The van der Waals surface area contributed by atoms with Crippen LogP contribution in [0.15, 0.2) is 42.7 Å². The smallest absolute Gasteiger partial charge is 0.0896 e. The molecule has 1 aliphatic rings. The zero-order valence-corrected chi connectivity index (χ0v) is 12.7. The van der Waals surface area contributed by atoms with Crippen LogP contribution in [-0.2, 0) is 4.74 Å². The van der Waals surface area contributed by atoms with Gasteiger partial charge in [0.15, 0.2) is 0 Å². The van der Waals surface area contributed by atoms with Crippen molar-refractivity contribution >= 4 is 0 Å². The Labute approximate surface area is 126 Å². The fraction of sp³-hybridized carbons (Fsp3) is 0.471. The summed E-state index contributed by atoms with van der Waals surface area (Å²) in [5.74, 6) is 0.529. The summed E-state index contributed by atoms with van der Waals surface area (Å²) < 4.78 is 7.86. The molecular weight excluding hydrogens is 262 g/mol. The molecule has 1 aromatic heterocycles. The fourth-order valence-corrected chi connectivity index (χ4v) is 2.80. The minimum absolute atomic E-state index is 0.161. The molecule has 0 saturated carbocycles. The highest BCUT2D eigenvalue weighted by Gasteiger charge is 2.30. The summed E-state index contributed by atoms with van der Waals surface area (Å²) in [5.41, 5.74) is 2.26. The van der Waals surface area contributed by atoms with E-state index in [1.165, 1.54) is 5.56 Å². The Morgan fingerprint density at radius 2 is 2.14 bits per heavy atom. The third-order valence-electron chi connectivity index (χ3n) is 3.95. The topological polar surface area (TPSA) is 39.1 Å². The molecule has 3 rings (SSSR count). The number of hydrogen-bond donors (Lipinski definition) is 1. The zero-order chi connectivity index (χ0) is 14.7. The van der Waals surface area contributed by atoms with Crippen molar-refractivity contribution in [3.8, 4) is 5.69 Å². The highest BCUT2D eigenvalue weighted by Crippen LogP contribution is 2.34. The van der Waals surface area contributed by atoms with E-state index in [0.29, 0.717) is 12.0 Å². The summed E-state index contributed by atoms with van der Waals surface area (Å²) >= 11 is 0. The van der Waals surface area contributed by atoms with Crippen LogP contribution in [0.4, 0.5) is 0 Å². The van der Waals surface area contributed by atoms with Gasteiger partial charge in [0.25, 0.3) is 0 Å². The van der Waals surface area contributed by atoms with E-state index in [0.717, 1.165) is 25.3 Å². The van der Waals surface area contributed by atoms with Crippen LogP contribution in [0.25, 0.3) is 5.69 Å². The number of benzene rings is 1. The normalized spacial score (nSPS) is 22.0. The van der Waals surface area contributed by atoms with Crippen LogP contribution in [-0.4, -0.2) is 29.0 Å². The summed E-state index contributed by atoms with van der Waals surface area (Å²) in [6, 6.07) is 10.7. The number of nitrogens with one attached hydrogen (secondary N) is 1. The molecular formula is C17H23N3O. The van der Waals surface area contributed by atoms with Crippen LogP contribution in [0, 0.1) is 5.92 Å². The van der Waals surface area contributed by atoms with Gasteiger partial charge in [0, 0.05) is 36.9 Å². The molecule has 1 saturated heterocycles. The molecule has 1 fully saturated rings. The van der Waals surface area contributed by atoms with E-state index in [2.05, 4.69) is 42.6 Å². The molecule has 21 heavy (non-hydrogen) atoms. The lowest BCUT2D eigenvalue weighted by Gasteiger charge is -2.19. The molecule has 2 unspecified atom stereocenters. The van der Waals surface area contributed by atoms with Crippen molar-refractivity contribution in [2.45, 2.75) is 32.4 Å². The van der Waals surface area contributed by atoms with Crippen LogP contribution in [0.2, 0.25) is 0 Å². The maximum absolute atomic E-state index is 5.94. The minimum atomic E-state index is 0.161. The molecule has 0 amide bonds. The summed E-state index contributed by atoms with van der Waals surface area (Å²) in [7, 11) is 0. The Morgan fingerprint density at radius 3 is 2.90 bits per heavy atom. The maximum Gasteiger partial charge on any atom is 0.0896 e. The molecule has 4 nitrogen and oxygen atoms in total. The average Bonchev–Trinajstić information content (AvgIpc) is 3.14. The first-order valence-corrected chi connectivity index (χ1v) is 7.69. The van der Waals surface area contributed by atoms with Crippen LogP contribution < -0.4 is 5.32 Å². The largest absolute Gasteiger partial charge is 0.373 e. The molecule has 4 heteroatoms. The first kappa shape index (κ1) is 14.3. The van der Waals surface area contributed by atoms with Crippen molar-refractivity contribution in [2.75, 3.05) is 13.2 Å². The van der Waals surface area contributed by atoms with E-state index in [-0.39, 0.29) is 6.10 Å². The van der Waals surface area contributed by atoms with Gasteiger partial charge in [0.2, 0.25) is 0 Å². The van der Waals surface area contributed by atoms with Crippen molar-refractivity contribution in [2.24, 2.45) is 5.92 Å². The number of aromatic nitrogens is 2. The van der Waals surface area contributed by atoms with Gasteiger partial charge < -0.3 is 10.1 Å². The summed E-state index contributed by atoms with van der Waals surface area (Å²) in [6.07, 6.45) is 5.30. The summed E-state index contributed by atoms with van der Waals surface area (Å²) in [4.78, 5) is 0. The van der Waals surface area contributed by atoms with Crippen LogP contribution >= 0.6 is 0 Å². The molecule has 1 aliphatic heterocycles. The van der Waals surface area contributed by atoms with Gasteiger partial charge in [-0.05, 0) is 18.6 Å². The molecule has 0 aliphatic carbocycles. The van der Waals surface area contributed by atoms with E-state index >= 15 is 0 Å². The van der Waals surface area contributed by atoms with Gasteiger partial charge in [-0.1, -0.05) is 32.0 Å². The standard InChI is InChI=1S/C17H23N3O/c1-13(2)18-10-14-8-9-21-17(14)15-11-19-20(12-15)16-6-4-3-5-7-16/h3-7,11-14,17-18H,8-10H2,1-2H3. The molecule has 112 valence electrons. The molecule has 1 N–H and O–H groups in total. The SMILES string of the molecule is CC(C)NCC1CCOC1c1cnn(-c2ccccc2)c1. The molecule has 0 spiro atoms. The van der Waals surface area contributed by atoms with Gasteiger partial charge in [-0.15, -0.1) is 0 Å². The Balaban J connectivity index is 1.73. The minimum Gasteiger partial charge on any atom is -0.373 e. The van der Waals surface area contributed by atoms with E-state index in [9.17, 15) is 0 Å². The fourth-order valence-electron chi connectivity index (χ4n) is 2.80. The monoisotopic (exact) mass is 285 g/mol. The van der Waals surface area contributed by atoms with E-state index in [1.807, 2.05) is 29.1 Å². The lowest BCUT2D eigenvalue weighted by atomic mass is 9.97. The first-order valence-electron chi connectivity index (χ1n) is 7.69. The first-order chi connectivity index (χ1) is 10.2. The maximum atomic E-state index is 5.94. The quantitative estimate of drug-likeness (QED) is 0.918. The predicted molar refractivity (Wildman–Crippen MR) is 83.5 cm³/mol.